The van der Waals surface area contributed by atoms with Crippen LogP contribution in [0.5, 0.6) is 0 Å². The van der Waals surface area contributed by atoms with Crippen molar-refractivity contribution in [3.63, 3.8) is 0 Å². The number of hydrogen-bond donors (Lipinski definition) is 3. The minimum Gasteiger partial charge on any atom is -0.383 e. The molecule has 2 heterocycles. The molecule has 0 aliphatic carbocycles. The van der Waals surface area contributed by atoms with Crippen LogP contribution in [-0.2, 0) is 10.4 Å². The number of nitrogens with two attached hydrogens (primary N) is 1. The van der Waals surface area contributed by atoms with E-state index in [9.17, 15) is 14.3 Å². The van der Waals surface area contributed by atoms with E-state index in [1.54, 1.807) is 19.1 Å². The number of benzene rings is 2. The molecule has 1 aliphatic heterocycles. The number of fused-ring (bicyclic) bond motifs is 1. The number of amides is 1. The van der Waals surface area contributed by atoms with Gasteiger partial charge in [0.15, 0.2) is 0 Å². The zero-order chi connectivity index (χ0) is 17.8. The number of aryl methyl sites for hydroxylation is 1. The Morgan fingerprint density at radius 2 is 1.96 bits per heavy atom. The summed E-state index contributed by atoms with van der Waals surface area (Å²) in [5, 5.41) is 18.1. The van der Waals surface area contributed by atoms with Crippen LogP contribution in [-0.4, -0.2) is 20.8 Å². The lowest BCUT2D eigenvalue weighted by Gasteiger charge is -2.21. The van der Waals surface area contributed by atoms with Gasteiger partial charge in [0.1, 0.15) is 11.6 Å². The van der Waals surface area contributed by atoms with Crippen LogP contribution in [0.25, 0.3) is 5.69 Å². The summed E-state index contributed by atoms with van der Waals surface area (Å²) in [4.78, 5) is 12.5. The minimum atomic E-state index is -2.10. The number of anilines is 2. The Hall–Kier alpha value is -3.19. The van der Waals surface area contributed by atoms with Crippen molar-refractivity contribution in [2.24, 2.45) is 0 Å². The Labute approximate surface area is 142 Å². The van der Waals surface area contributed by atoms with E-state index in [1.807, 2.05) is 18.2 Å². The molecule has 0 radical (unpaired) electrons. The van der Waals surface area contributed by atoms with Crippen molar-refractivity contribution in [1.29, 1.82) is 0 Å². The smallest absolute Gasteiger partial charge is 0.266 e. The molecule has 1 aromatic heterocycles. The van der Waals surface area contributed by atoms with Gasteiger partial charge in [-0.3, -0.25) is 4.79 Å². The third-order valence-electron chi connectivity index (χ3n) is 4.41. The molecular weight excluding hydrogens is 323 g/mol. The van der Waals surface area contributed by atoms with Crippen molar-refractivity contribution in [1.82, 2.24) is 9.78 Å². The second-order valence-electron chi connectivity index (χ2n) is 5.95. The average Bonchev–Trinajstić information content (AvgIpc) is 3.03. The molecule has 0 unspecified atom stereocenters. The molecule has 3 aromatic rings. The molecule has 1 aliphatic rings. The highest BCUT2D eigenvalue weighted by atomic mass is 19.1. The first-order chi connectivity index (χ1) is 11.9. The number of hydrogen-bond acceptors (Lipinski definition) is 4. The number of para-hydroxylation sites is 1. The molecule has 6 nitrogen and oxygen atoms in total. The van der Waals surface area contributed by atoms with Crippen molar-refractivity contribution in [3.8, 4) is 5.69 Å². The number of nitrogens with zero attached hydrogens (tertiary/aromatic N) is 2. The maximum Gasteiger partial charge on any atom is 0.266 e. The van der Waals surface area contributed by atoms with Crippen molar-refractivity contribution in [2.75, 3.05) is 11.1 Å². The lowest BCUT2D eigenvalue weighted by molar-refractivity contribution is -0.129. The van der Waals surface area contributed by atoms with Gasteiger partial charge < -0.3 is 16.2 Å². The number of aliphatic hydroxyl groups is 1. The standard InChI is InChI=1S/C18H15FN4O2/c1-10-15(16(20)23(22-10)12-5-3-2-4-6-12)18(25)13-9-11(19)7-8-14(13)21-17(18)24/h2-9,25H,20H2,1H3,(H,21,24)/t18-/m1/s1. The van der Waals surface area contributed by atoms with Gasteiger partial charge in [-0.05, 0) is 37.3 Å². The van der Waals surface area contributed by atoms with E-state index in [1.165, 1.54) is 16.8 Å². The molecule has 0 spiro atoms. The summed E-state index contributed by atoms with van der Waals surface area (Å²) in [6, 6.07) is 12.9. The number of carbonyl (C=O) groups excluding carboxylic acids is 1. The molecule has 25 heavy (non-hydrogen) atoms. The Balaban J connectivity index is 1.96. The largest absolute Gasteiger partial charge is 0.383 e. The summed E-state index contributed by atoms with van der Waals surface area (Å²) in [7, 11) is 0. The molecule has 1 amide bonds. The van der Waals surface area contributed by atoms with Crippen LogP contribution in [0.2, 0.25) is 0 Å². The summed E-state index contributed by atoms with van der Waals surface area (Å²) in [5.74, 6) is -1.12. The van der Waals surface area contributed by atoms with E-state index in [2.05, 4.69) is 10.4 Å². The second-order valence-corrected chi connectivity index (χ2v) is 5.95. The zero-order valence-electron chi connectivity index (χ0n) is 13.3. The molecule has 7 heteroatoms. The van der Waals surface area contributed by atoms with Gasteiger partial charge in [-0.2, -0.15) is 5.10 Å². The maximum atomic E-state index is 13.7. The molecule has 4 rings (SSSR count). The van der Waals surface area contributed by atoms with Gasteiger partial charge in [-0.15, -0.1) is 0 Å². The maximum absolute atomic E-state index is 13.7. The number of carbonyl (C=O) groups is 1. The minimum absolute atomic E-state index is 0.124. The van der Waals surface area contributed by atoms with E-state index >= 15 is 0 Å². The van der Waals surface area contributed by atoms with E-state index in [4.69, 9.17) is 5.73 Å². The number of halogens is 1. The summed E-state index contributed by atoms with van der Waals surface area (Å²) in [5.41, 5.74) is 5.83. The van der Waals surface area contributed by atoms with Crippen LogP contribution in [0.15, 0.2) is 48.5 Å². The first-order valence-electron chi connectivity index (χ1n) is 7.67. The lowest BCUT2D eigenvalue weighted by Crippen LogP contribution is -2.36. The molecule has 4 N–H and O–H groups in total. The third kappa shape index (κ3) is 2.06. The Morgan fingerprint density at radius 1 is 1.24 bits per heavy atom. The quantitative estimate of drug-likeness (QED) is 0.667. The first kappa shape index (κ1) is 15.3. The van der Waals surface area contributed by atoms with Crippen molar-refractivity contribution in [3.05, 3.63) is 71.2 Å². The number of rotatable bonds is 2. The average molecular weight is 338 g/mol. The van der Waals surface area contributed by atoms with Gasteiger partial charge >= 0.3 is 0 Å². The van der Waals surface area contributed by atoms with Gasteiger partial charge in [0, 0.05) is 11.3 Å². The number of aromatic nitrogens is 2. The molecule has 0 saturated carbocycles. The molecule has 0 saturated heterocycles. The van der Waals surface area contributed by atoms with E-state index in [-0.39, 0.29) is 16.9 Å². The van der Waals surface area contributed by atoms with Crippen LogP contribution >= 0.6 is 0 Å². The van der Waals surface area contributed by atoms with E-state index in [0.717, 1.165) is 6.07 Å². The van der Waals surface area contributed by atoms with Crippen LogP contribution < -0.4 is 11.1 Å². The molecule has 2 aromatic carbocycles. The first-order valence-corrected chi connectivity index (χ1v) is 7.67. The van der Waals surface area contributed by atoms with Gasteiger partial charge in [0.25, 0.3) is 5.91 Å². The lowest BCUT2D eigenvalue weighted by atomic mass is 9.87. The topological polar surface area (TPSA) is 93.2 Å². The van der Waals surface area contributed by atoms with Gasteiger partial charge in [0.05, 0.1) is 16.9 Å². The fraction of sp³-hybridized carbons (Fsp3) is 0.111. The predicted octanol–water partition coefficient (Wildman–Crippen LogP) is 2.09. The van der Waals surface area contributed by atoms with Crippen LogP contribution in [0.3, 0.4) is 0 Å². The van der Waals surface area contributed by atoms with Crippen molar-refractivity contribution >= 4 is 17.4 Å². The summed E-state index contributed by atoms with van der Waals surface area (Å²) < 4.78 is 15.2. The molecule has 0 bridgehead atoms. The second kappa shape index (κ2) is 5.15. The molecule has 0 fully saturated rings. The number of nitrogen functional groups attached to an aromatic ring is 1. The Kier molecular flexibility index (Phi) is 3.16. The van der Waals surface area contributed by atoms with Crippen molar-refractivity contribution in [2.45, 2.75) is 12.5 Å². The van der Waals surface area contributed by atoms with Crippen LogP contribution in [0, 0.1) is 12.7 Å². The highest BCUT2D eigenvalue weighted by molar-refractivity contribution is 6.08. The Morgan fingerprint density at radius 3 is 2.68 bits per heavy atom. The van der Waals surface area contributed by atoms with Crippen molar-refractivity contribution < 1.29 is 14.3 Å². The highest BCUT2D eigenvalue weighted by Gasteiger charge is 2.50. The zero-order valence-corrected chi connectivity index (χ0v) is 13.3. The predicted molar refractivity (Wildman–Crippen MR) is 90.7 cm³/mol. The SMILES string of the molecule is Cc1nn(-c2ccccc2)c(N)c1[C@@]1(O)C(=O)Nc2ccc(F)cc21. The van der Waals surface area contributed by atoms with E-state index < -0.39 is 17.3 Å². The third-order valence-corrected chi connectivity index (χ3v) is 4.41. The van der Waals surface area contributed by atoms with Crippen LogP contribution in [0.1, 0.15) is 16.8 Å². The fourth-order valence-corrected chi connectivity index (χ4v) is 3.27. The van der Waals surface area contributed by atoms with Gasteiger partial charge in [-0.1, -0.05) is 18.2 Å². The Bertz CT molecular complexity index is 1000. The van der Waals surface area contributed by atoms with E-state index in [0.29, 0.717) is 17.1 Å². The van der Waals surface area contributed by atoms with Gasteiger partial charge in [0.2, 0.25) is 5.60 Å². The molecule has 126 valence electrons. The fourth-order valence-electron chi connectivity index (χ4n) is 3.27. The van der Waals surface area contributed by atoms with Crippen LogP contribution in [0.4, 0.5) is 15.9 Å². The monoisotopic (exact) mass is 338 g/mol. The molecule has 1 atom stereocenters. The highest BCUT2D eigenvalue weighted by Crippen LogP contribution is 2.44. The number of nitrogens with one attached hydrogen (secondary N) is 1. The molecular formula is C18H15FN4O2. The van der Waals surface area contributed by atoms with Gasteiger partial charge in [-0.25, -0.2) is 9.07 Å². The summed E-state index contributed by atoms with van der Waals surface area (Å²) in [6.07, 6.45) is 0. The summed E-state index contributed by atoms with van der Waals surface area (Å²) >= 11 is 0. The summed E-state index contributed by atoms with van der Waals surface area (Å²) in [6.45, 7) is 1.65. The normalized spacial score (nSPS) is 18.9.